The molecule has 1 aromatic heterocycles. The molecule has 0 amide bonds. The number of ether oxygens (including phenoxy) is 1. The van der Waals surface area contributed by atoms with E-state index in [1.165, 1.54) is 5.69 Å². The summed E-state index contributed by atoms with van der Waals surface area (Å²) in [5, 5.41) is 5.21. The van der Waals surface area contributed by atoms with Gasteiger partial charge in [0.15, 0.2) is 0 Å². The highest BCUT2D eigenvalue weighted by Crippen LogP contribution is 2.22. The summed E-state index contributed by atoms with van der Waals surface area (Å²) in [6.45, 7) is 4.36. The SMILES string of the molecule is COc1ccc(N2CCN(Cn3nc(-c4ccc(Cl)cc4)oc3=S)CC2)cc1. The van der Waals surface area contributed by atoms with Gasteiger partial charge in [0.1, 0.15) is 5.75 Å². The summed E-state index contributed by atoms with van der Waals surface area (Å²) < 4.78 is 12.6. The zero-order chi connectivity index (χ0) is 19.5. The molecule has 146 valence electrons. The smallest absolute Gasteiger partial charge is 0.288 e. The van der Waals surface area contributed by atoms with E-state index in [0.717, 1.165) is 37.5 Å². The number of hydrogen-bond acceptors (Lipinski definition) is 6. The van der Waals surface area contributed by atoms with Crippen LogP contribution in [0.25, 0.3) is 11.5 Å². The largest absolute Gasteiger partial charge is 0.497 e. The molecule has 3 aromatic rings. The van der Waals surface area contributed by atoms with Crippen molar-refractivity contribution in [2.75, 3.05) is 38.2 Å². The van der Waals surface area contributed by atoms with Crippen LogP contribution < -0.4 is 9.64 Å². The van der Waals surface area contributed by atoms with E-state index in [9.17, 15) is 0 Å². The van der Waals surface area contributed by atoms with Crippen molar-refractivity contribution in [2.45, 2.75) is 6.67 Å². The summed E-state index contributed by atoms with van der Waals surface area (Å²) in [7, 11) is 1.68. The lowest BCUT2D eigenvalue weighted by Gasteiger charge is -2.35. The second kappa shape index (κ2) is 8.34. The van der Waals surface area contributed by atoms with Crippen LogP contribution in [0.5, 0.6) is 5.75 Å². The maximum absolute atomic E-state index is 5.94. The zero-order valence-corrected chi connectivity index (χ0v) is 17.1. The van der Waals surface area contributed by atoms with Gasteiger partial charge in [-0.3, -0.25) is 4.90 Å². The molecule has 0 spiro atoms. The van der Waals surface area contributed by atoms with Gasteiger partial charge in [-0.05, 0) is 60.7 Å². The molecule has 8 heteroatoms. The maximum atomic E-state index is 5.94. The zero-order valence-electron chi connectivity index (χ0n) is 15.5. The summed E-state index contributed by atoms with van der Waals surface area (Å²) in [4.78, 5) is 5.07. The number of rotatable bonds is 5. The lowest BCUT2D eigenvalue weighted by Crippen LogP contribution is -2.46. The molecule has 28 heavy (non-hydrogen) atoms. The lowest BCUT2D eigenvalue weighted by atomic mass is 10.2. The van der Waals surface area contributed by atoms with E-state index in [0.29, 0.717) is 22.4 Å². The molecule has 6 nitrogen and oxygen atoms in total. The molecule has 0 unspecified atom stereocenters. The predicted octanol–water partition coefficient (Wildman–Crippen LogP) is 4.31. The van der Waals surface area contributed by atoms with Crippen molar-refractivity contribution in [1.29, 1.82) is 0 Å². The number of nitrogens with zero attached hydrogens (tertiary/aromatic N) is 4. The van der Waals surface area contributed by atoms with Crippen molar-refractivity contribution in [2.24, 2.45) is 0 Å². The van der Waals surface area contributed by atoms with E-state index in [-0.39, 0.29) is 0 Å². The molecule has 0 saturated carbocycles. The lowest BCUT2D eigenvalue weighted by molar-refractivity contribution is 0.192. The fourth-order valence-corrected chi connectivity index (χ4v) is 3.54. The standard InChI is InChI=1S/C20H21ClN4O2S/c1-26-18-8-6-17(7-9-18)24-12-10-23(11-13-24)14-25-20(28)27-19(22-25)15-2-4-16(21)5-3-15/h2-9H,10-14H2,1H3. The Labute approximate surface area is 173 Å². The Morgan fingerprint density at radius 2 is 1.71 bits per heavy atom. The van der Waals surface area contributed by atoms with E-state index in [1.807, 2.05) is 36.4 Å². The molecule has 0 radical (unpaired) electrons. The van der Waals surface area contributed by atoms with Crippen molar-refractivity contribution in [3.8, 4) is 17.2 Å². The van der Waals surface area contributed by atoms with Gasteiger partial charge < -0.3 is 14.1 Å². The Hall–Kier alpha value is -2.35. The first-order chi connectivity index (χ1) is 13.6. The van der Waals surface area contributed by atoms with Crippen LogP contribution in [0.4, 0.5) is 5.69 Å². The highest BCUT2D eigenvalue weighted by Gasteiger charge is 2.19. The fourth-order valence-electron chi connectivity index (χ4n) is 3.23. The van der Waals surface area contributed by atoms with Crippen molar-refractivity contribution >= 4 is 29.5 Å². The second-order valence-electron chi connectivity index (χ2n) is 6.62. The molecular weight excluding hydrogens is 396 g/mol. The number of methoxy groups -OCH3 is 1. The van der Waals surface area contributed by atoms with Gasteiger partial charge in [-0.25, -0.2) is 4.68 Å². The maximum Gasteiger partial charge on any atom is 0.288 e. The van der Waals surface area contributed by atoms with Crippen molar-refractivity contribution in [1.82, 2.24) is 14.7 Å². The van der Waals surface area contributed by atoms with Crippen LogP contribution in [0, 0.1) is 4.84 Å². The summed E-state index contributed by atoms with van der Waals surface area (Å²) in [6, 6.07) is 15.6. The Bertz CT molecular complexity index is 977. The molecule has 4 rings (SSSR count). The van der Waals surface area contributed by atoms with Gasteiger partial charge in [0, 0.05) is 42.5 Å². The third kappa shape index (κ3) is 4.22. The van der Waals surface area contributed by atoms with E-state index in [2.05, 4.69) is 27.0 Å². The van der Waals surface area contributed by atoms with E-state index < -0.39 is 0 Å². The topological polar surface area (TPSA) is 46.7 Å². The average Bonchev–Trinajstić information content (AvgIpc) is 3.09. The van der Waals surface area contributed by atoms with Crippen LogP contribution in [-0.4, -0.2) is 48.0 Å². The van der Waals surface area contributed by atoms with E-state index in [4.69, 9.17) is 33.0 Å². The molecule has 1 aliphatic rings. The minimum absolute atomic E-state index is 0.377. The monoisotopic (exact) mass is 416 g/mol. The summed E-state index contributed by atoms with van der Waals surface area (Å²) >= 11 is 11.3. The molecule has 0 bridgehead atoms. The Morgan fingerprint density at radius 1 is 1.04 bits per heavy atom. The number of piperazine rings is 1. The predicted molar refractivity (Wildman–Crippen MR) is 113 cm³/mol. The van der Waals surface area contributed by atoms with E-state index in [1.54, 1.807) is 11.8 Å². The Morgan fingerprint density at radius 3 is 2.36 bits per heavy atom. The van der Waals surface area contributed by atoms with Gasteiger partial charge in [-0.15, -0.1) is 5.10 Å². The third-order valence-electron chi connectivity index (χ3n) is 4.84. The normalized spacial score (nSPS) is 15.0. The first kappa shape index (κ1) is 19.0. The number of hydrogen-bond donors (Lipinski definition) is 0. The van der Waals surface area contributed by atoms with Crippen LogP contribution >= 0.6 is 23.8 Å². The second-order valence-corrected chi connectivity index (χ2v) is 7.41. The molecule has 2 heterocycles. The minimum Gasteiger partial charge on any atom is -0.497 e. The molecule has 0 atom stereocenters. The van der Waals surface area contributed by atoms with Gasteiger partial charge >= 0.3 is 0 Å². The number of anilines is 1. The highest BCUT2D eigenvalue weighted by atomic mass is 35.5. The number of halogens is 1. The number of benzene rings is 2. The van der Waals surface area contributed by atoms with Crippen LogP contribution in [0.15, 0.2) is 52.9 Å². The first-order valence-corrected chi connectivity index (χ1v) is 9.86. The Kier molecular flexibility index (Phi) is 5.66. The summed E-state index contributed by atoms with van der Waals surface area (Å²) in [6.07, 6.45) is 0. The van der Waals surface area contributed by atoms with Gasteiger partial charge in [-0.1, -0.05) is 11.6 Å². The van der Waals surface area contributed by atoms with E-state index >= 15 is 0 Å². The van der Waals surface area contributed by atoms with Crippen LogP contribution in [-0.2, 0) is 6.67 Å². The molecule has 1 aliphatic heterocycles. The molecule has 0 N–H and O–H groups in total. The van der Waals surface area contributed by atoms with Gasteiger partial charge in [0.2, 0.25) is 5.89 Å². The third-order valence-corrected chi connectivity index (χ3v) is 5.39. The van der Waals surface area contributed by atoms with Crippen molar-refractivity contribution in [3.63, 3.8) is 0 Å². The molecule has 2 aromatic carbocycles. The molecule has 0 aliphatic carbocycles. The molecule has 1 saturated heterocycles. The van der Waals surface area contributed by atoms with Gasteiger partial charge in [-0.2, -0.15) is 0 Å². The minimum atomic E-state index is 0.377. The van der Waals surface area contributed by atoms with Crippen LogP contribution in [0.3, 0.4) is 0 Å². The van der Waals surface area contributed by atoms with Crippen molar-refractivity contribution in [3.05, 3.63) is 58.4 Å². The van der Waals surface area contributed by atoms with Gasteiger partial charge in [0.05, 0.1) is 13.8 Å². The summed E-state index contributed by atoms with van der Waals surface area (Å²) in [5.41, 5.74) is 2.07. The first-order valence-electron chi connectivity index (χ1n) is 9.07. The fraction of sp³-hybridized carbons (Fsp3) is 0.300. The number of aromatic nitrogens is 2. The highest BCUT2D eigenvalue weighted by molar-refractivity contribution is 7.71. The molecular formula is C20H21ClN4O2S. The van der Waals surface area contributed by atoms with Crippen LogP contribution in [0.1, 0.15) is 0 Å². The Balaban J connectivity index is 1.38. The van der Waals surface area contributed by atoms with Gasteiger partial charge in [0.25, 0.3) is 4.84 Å². The summed E-state index contributed by atoms with van der Waals surface area (Å²) in [5.74, 6) is 1.39. The average molecular weight is 417 g/mol. The van der Waals surface area contributed by atoms with Crippen molar-refractivity contribution < 1.29 is 9.15 Å². The molecule has 1 fully saturated rings. The quantitative estimate of drug-likeness (QED) is 0.577. The van der Waals surface area contributed by atoms with Crippen LogP contribution in [0.2, 0.25) is 5.02 Å².